The van der Waals surface area contributed by atoms with Gasteiger partial charge in [-0.1, -0.05) is 97.0 Å². The average molecular weight is 624 g/mol. The second-order valence-corrected chi connectivity index (χ2v) is 19.6. The lowest BCUT2D eigenvalue weighted by Gasteiger charge is -2.43. The molecule has 2 aliphatic rings. The van der Waals surface area contributed by atoms with E-state index < -0.39 is 14.4 Å². The molecule has 0 fully saturated rings. The minimum atomic E-state index is -2.22. The number of rotatable bonds is 14. The number of amides is 1. The van der Waals surface area contributed by atoms with E-state index in [0.717, 1.165) is 18.4 Å². The van der Waals surface area contributed by atoms with Crippen LogP contribution in [-0.4, -0.2) is 38.2 Å². The summed E-state index contributed by atoms with van der Waals surface area (Å²) in [6.45, 7) is 19.6. The number of benzene rings is 1. The first-order valence-corrected chi connectivity index (χ1v) is 19.6. The van der Waals surface area contributed by atoms with Crippen LogP contribution in [0.25, 0.3) is 0 Å². The lowest BCUT2D eigenvalue weighted by atomic mass is 9.65. The Kier molecular flexibility index (Phi) is 12.8. The molecule has 44 heavy (non-hydrogen) atoms. The summed E-state index contributed by atoms with van der Waals surface area (Å²) >= 11 is 0. The fourth-order valence-corrected chi connectivity index (χ4v) is 7.52. The van der Waals surface area contributed by atoms with Crippen molar-refractivity contribution in [3.05, 3.63) is 59.7 Å². The molecule has 0 bridgehead atoms. The molecule has 1 aromatic rings. The van der Waals surface area contributed by atoms with Gasteiger partial charge in [-0.05, 0) is 66.3 Å². The Hall–Kier alpha value is -2.51. The van der Waals surface area contributed by atoms with Crippen LogP contribution in [0.3, 0.4) is 0 Å². The van der Waals surface area contributed by atoms with E-state index in [1.807, 2.05) is 44.2 Å². The molecule has 244 valence electrons. The normalized spacial score (nSPS) is 24.9. The maximum atomic E-state index is 13.6. The summed E-state index contributed by atoms with van der Waals surface area (Å²) in [6, 6.07) is 9.83. The number of hydrogen-bond acceptors (Lipinski definition) is 5. The Labute approximate surface area is 267 Å². The zero-order chi connectivity index (χ0) is 32.7. The number of Topliss-reactive ketones (excluding diaryl/α,β-unsaturated/α-hetero) is 1. The minimum absolute atomic E-state index is 0.0404. The molecule has 1 N–H and O–H groups in total. The summed E-state index contributed by atoms with van der Waals surface area (Å²) in [4.78, 5) is 39.5. The van der Waals surface area contributed by atoms with E-state index in [9.17, 15) is 14.4 Å². The van der Waals surface area contributed by atoms with Gasteiger partial charge in [-0.3, -0.25) is 14.4 Å². The van der Waals surface area contributed by atoms with Gasteiger partial charge in [0.1, 0.15) is 11.9 Å². The molecule has 2 aliphatic carbocycles. The Bertz CT molecular complexity index is 1180. The summed E-state index contributed by atoms with van der Waals surface area (Å²) in [5.41, 5.74) is 2.27. The van der Waals surface area contributed by atoms with Gasteiger partial charge >= 0.3 is 5.97 Å². The first-order valence-electron chi connectivity index (χ1n) is 16.7. The third-order valence-corrected chi connectivity index (χ3v) is 14.6. The first kappa shape index (κ1) is 36.0. The predicted octanol–water partition coefficient (Wildman–Crippen LogP) is 8.19. The molecule has 6 nitrogen and oxygen atoms in total. The maximum absolute atomic E-state index is 13.6. The molecule has 0 aromatic heterocycles. The molecule has 0 saturated heterocycles. The largest absolute Gasteiger partial charge is 0.461 e. The lowest BCUT2D eigenvalue weighted by molar-refractivity contribution is -0.158. The second-order valence-electron chi connectivity index (χ2n) is 14.8. The van der Waals surface area contributed by atoms with Crippen molar-refractivity contribution in [3.63, 3.8) is 0 Å². The van der Waals surface area contributed by atoms with Gasteiger partial charge in [0.05, 0.1) is 18.4 Å². The van der Waals surface area contributed by atoms with Crippen molar-refractivity contribution in [2.45, 2.75) is 124 Å². The highest BCUT2D eigenvalue weighted by molar-refractivity contribution is 6.74. The Morgan fingerprint density at radius 3 is 2.39 bits per heavy atom. The van der Waals surface area contributed by atoms with E-state index >= 15 is 0 Å². The molecule has 0 radical (unpaired) electrons. The van der Waals surface area contributed by atoms with Gasteiger partial charge in [0.2, 0.25) is 5.91 Å². The molecular weight excluding hydrogens is 566 g/mol. The van der Waals surface area contributed by atoms with Crippen LogP contribution in [0, 0.1) is 29.6 Å². The molecule has 1 aromatic carbocycles. The summed E-state index contributed by atoms with van der Waals surface area (Å²) < 4.78 is 12.8. The Morgan fingerprint density at radius 2 is 1.75 bits per heavy atom. The van der Waals surface area contributed by atoms with Crippen molar-refractivity contribution < 1.29 is 23.5 Å². The van der Waals surface area contributed by atoms with Crippen LogP contribution in [0.4, 0.5) is 0 Å². The number of hydrogen-bond donors (Lipinski definition) is 1. The standard InChI is InChI=1S/C37H57NO5Si/c1-10-26(3)36(41)42-33-21-25(2)20-29-17-16-27(4)32(35(29)33)19-18-30(39)22-31(43-44(8,9)37(5,6)7)23-34(40)38-24-28-14-12-11-13-15-28/h11-17,20,25-27,31-33,35H,10,18-19,21-24H2,1-9H3,(H,38,40). The average Bonchev–Trinajstić information content (AvgIpc) is 2.94. The van der Waals surface area contributed by atoms with Crippen molar-refractivity contribution in [1.82, 2.24) is 5.32 Å². The monoisotopic (exact) mass is 623 g/mol. The van der Waals surface area contributed by atoms with E-state index in [1.54, 1.807) is 0 Å². The maximum Gasteiger partial charge on any atom is 0.308 e. The Morgan fingerprint density at radius 1 is 1.07 bits per heavy atom. The number of carbonyl (C=O) groups excluding carboxylic acids is 3. The van der Waals surface area contributed by atoms with Gasteiger partial charge in [-0.25, -0.2) is 0 Å². The van der Waals surface area contributed by atoms with Crippen LogP contribution in [0.15, 0.2) is 54.1 Å². The quantitative estimate of drug-likeness (QED) is 0.167. The van der Waals surface area contributed by atoms with Crippen molar-refractivity contribution >= 4 is 26.0 Å². The van der Waals surface area contributed by atoms with Crippen LogP contribution < -0.4 is 5.32 Å². The molecule has 0 heterocycles. The first-order chi connectivity index (χ1) is 20.6. The fraction of sp³-hybridized carbons (Fsp3) is 0.649. The van der Waals surface area contributed by atoms with Gasteiger partial charge in [-0.15, -0.1) is 0 Å². The third kappa shape index (κ3) is 10.00. The van der Waals surface area contributed by atoms with Crippen LogP contribution >= 0.6 is 0 Å². The lowest BCUT2D eigenvalue weighted by Crippen LogP contribution is -2.45. The minimum Gasteiger partial charge on any atom is -0.461 e. The molecule has 0 aliphatic heterocycles. The van der Waals surface area contributed by atoms with Crippen LogP contribution in [0.1, 0.15) is 92.6 Å². The van der Waals surface area contributed by atoms with E-state index in [1.165, 1.54) is 5.57 Å². The molecule has 7 atom stereocenters. The number of fused-ring (bicyclic) bond motifs is 1. The van der Waals surface area contributed by atoms with E-state index in [4.69, 9.17) is 9.16 Å². The van der Waals surface area contributed by atoms with Gasteiger partial charge in [-0.2, -0.15) is 0 Å². The van der Waals surface area contributed by atoms with E-state index in [-0.39, 0.29) is 65.3 Å². The van der Waals surface area contributed by atoms with Gasteiger partial charge < -0.3 is 14.5 Å². The summed E-state index contributed by atoms with van der Waals surface area (Å²) in [6.07, 6.45) is 9.18. The SMILES string of the molecule is CCC(C)C(=O)OC1CC(C)C=C2C=CC(C)C(CCC(=O)CC(CC(=O)NCc3ccccc3)O[Si](C)(C)C(C)(C)C)C21. The highest BCUT2D eigenvalue weighted by Gasteiger charge is 2.42. The molecule has 1 amide bonds. The highest BCUT2D eigenvalue weighted by Crippen LogP contribution is 2.45. The zero-order valence-corrected chi connectivity index (χ0v) is 29.7. The van der Waals surface area contributed by atoms with Gasteiger partial charge in [0, 0.05) is 25.3 Å². The van der Waals surface area contributed by atoms with E-state index in [0.29, 0.717) is 25.3 Å². The Balaban J connectivity index is 1.70. The number of carbonyl (C=O) groups is 3. The van der Waals surface area contributed by atoms with Crippen molar-refractivity contribution in [3.8, 4) is 0 Å². The molecule has 0 saturated carbocycles. The number of ketones is 1. The van der Waals surface area contributed by atoms with Crippen LogP contribution in [-0.2, 0) is 30.1 Å². The predicted molar refractivity (Wildman–Crippen MR) is 180 cm³/mol. The summed E-state index contributed by atoms with van der Waals surface area (Å²) in [7, 11) is -2.22. The molecule has 0 spiro atoms. The number of allylic oxidation sites excluding steroid dienone is 3. The summed E-state index contributed by atoms with van der Waals surface area (Å²) in [5, 5.41) is 2.97. The zero-order valence-electron chi connectivity index (χ0n) is 28.7. The smallest absolute Gasteiger partial charge is 0.308 e. The van der Waals surface area contributed by atoms with Gasteiger partial charge in [0.25, 0.3) is 0 Å². The number of ether oxygens (including phenoxy) is 1. The summed E-state index contributed by atoms with van der Waals surface area (Å²) in [5.74, 6) is 0.658. The van der Waals surface area contributed by atoms with Crippen LogP contribution in [0.2, 0.25) is 18.1 Å². The molecule has 7 unspecified atom stereocenters. The second kappa shape index (κ2) is 15.7. The number of nitrogens with one attached hydrogen (secondary N) is 1. The van der Waals surface area contributed by atoms with Crippen LogP contribution in [0.5, 0.6) is 0 Å². The van der Waals surface area contributed by atoms with Gasteiger partial charge in [0.15, 0.2) is 8.32 Å². The van der Waals surface area contributed by atoms with Crippen molar-refractivity contribution in [1.29, 1.82) is 0 Å². The van der Waals surface area contributed by atoms with E-state index in [2.05, 4.69) is 71.3 Å². The topological polar surface area (TPSA) is 81.7 Å². The third-order valence-electron chi connectivity index (χ3n) is 10.1. The molecule has 3 rings (SSSR count). The molecular formula is C37H57NO5Si. The molecule has 7 heteroatoms. The fourth-order valence-electron chi connectivity index (χ4n) is 6.16. The highest BCUT2D eigenvalue weighted by atomic mass is 28.4. The number of esters is 1. The van der Waals surface area contributed by atoms with Crippen molar-refractivity contribution in [2.24, 2.45) is 29.6 Å². The van der Waals surface area contributed by atoms with Crippen molar-refractivity contribution in [2.75, 3.05) is 0 Å².